The van der Waals surface area contributed by atoms with Gasteiger partial charge < -0.3 is 21.7 Å². The third-order valence-corrected chi connectivity index (χ3v) is 4.34. The average Bonchev–Trinajstić information content (AvgIpc) is 2.68. The second-order valence-corrected chi connectivity index (χ2v) is 7.10. The van der Waals surface area contributed by atoms with Gasteiger partial charge in [-0.05, 0) is 25.5 Å². The van der Waals surface area contributed by atoms with Gasteiger partial charge in [-0.3, -0.25) is 19.2 Å². The van der Waals surface area contributed by atoms with Crippen LogP contribution in [0.5, 0.6) is 0 Å². The highest BCUT2D eigenvalue weighted by Crippen LogP contribution is 2.07. The van der Waals surface area contributed by atoms with Crippen molar-refractivity contribution >= 4 is 23.6 Å². The fraction of sp³-hybridized carbons (Fsp3) is 0.524. The van der Waals surface area contributed by atoms with Crippen LogP contribution in [-0.4, -0.2) is 42.3 Å². The summed E-state index contributed by atoms with van der Waals surface area (Å²) in [5.41, 5.74) is 5.56. The summed E-state index contributed by atoms with van der Waals surface area (Å²) in [5, 5.41) is 7.90. The molecule has 0 heterocycles. The molecule has 0 bridgehead atoms. The standard InChI is InChI=1S/C21H32N4O4/c1-3-4-5-9-12-17(25-20(28)16-10-7-6-8-11-16)21(29)23-14-19(27)24-15(2)13-18(22)26/h6-8,10-11,15,17H,3-5,9,12-14H2,1-2H3,(H2,22,26)(H,23,29)(H,24,27)(H,25,28)/t15-,17+/m1/s1. The molecule has 0 aliphatic rings. The number of benzene rings is 1. The van der Waals surface area contributed by atoms with Crippen molar-refractivity contribution < 1.29 is 19.2 Å². The van der Waals surface area contributed by atoms with Gasteiger partial charge in [0.05, 0.1) is 6.54 Å². The number of rotatable bonds is 13. The topological polar surface area (TPSA) is 130 Å². The minimum Gasteiger partial charge on any atom is -0.370 e. The number of primary amides is 1. The van der Waals surface area contributed by atoms with E-state index in [0.717, 1.165) is 25.7 Å². The van der Waals surface area contributed by atoms with E-state index in [1.165, 1.54) is 0 Å². The number of carbonyl (C=O) groups is 4. The fourth-order valence-corrected chi connectivity index (χ4v) is 2.84. The molecule has 1 aromatic carbocycles. The highest BCUT2D eigenvalue weighted by Gasteiger charge is 2.22. The van der Waals surface area contributed by atoms with Gasteiger partial charge in [0.15, 0.2) is 0 Å². The smallest absolute Gasteiger partial charge is 0.251 e. The third kappa shape index (κ3) is 10.3. The summed E-state index contributed by atoms with van der Waals surface area (Å²) >= 11 is 0. The van der Waals surface area contributed by atoms with Crippen LogP contribution in [0.1, 0.15) is 62.7 Å². The molecular weight excluding hydrogens is 372 g/mol. The van der Waals surface area contributed by atoms with Crippen molar-refractivity contribution in [1.29, 1.82) is 0 Å². The van der Waals surface area contributed by atoms with E-state index in [2.05, 4.69) is 22.9 Å². The molecule has 0 fully saturated rings. The maximum atomic E-state index is 12.6. The van der Waals surface area contributed by atoms with Gasteiger partial charge in [0.1, 0.15) is 6.04 Å². The lowest BCUT2D eigenvalue weighted by molar-refractivity contribution is -0.127. The van der Waals surface area contributed by atoms with Crippen LogP contribution in [-0.2, 0) is 14.4 Å². The lowest BCUT2D eigenvalue weighted by Crippen LogP contribution is -2.49. The Kier molecular flexibility index (Phi) is 11.1. The summed E-state index contributed by atoms with van der Waals surface area (Å²) in [6.45, 7) is 3.51. The first kappa shape index (κ1) is 24.1. The van der Waals surface area contributed by atoms with Gasteiger partial charge in [-0.2, -0.15) is 0 Å². The van der Waals surface area contributed by atoms with Crippen LogP contribution >= 0.6 is 0 Å². The van der Waals surface area contributed by atoms with Gasteiger partial charge in [-0.1, -0.05) is 50.8 Å². The predicted molar refractivity (Wildman–Crippen MR) is 111 cm³/mol. The van der Waals surface area contributed by atoms with Crippen LogP contribution in [0.4, 0.5) is 0 Å². The molecule has 8 heteroatoms. The fourth-order valence-electron chi connectivity index (χ4n) is 2.84. The number of unbranched alkanes of at least 4 members (excludes halogenated alkanes) is 3. The summed E-state index contributed by atoms with van der Waals surface area (Å²) in [6.07, 6.45) is 4.39. The molecule has 4 amide bonds. The maximum Gasteiger partial charge on any atom is 0.251 e. The molecule has 0 aromatic heterocycles. The quantitative estimate of drug-likeness (QED) is 0.369. The molecule has 29 heavy (non-hydrogen) atoms. The first-order chi connectivity index (χ1) is 13.8. The van der Waals surface area contributed by atoms with Crippen molar-refractivity contribution in [3.63, 3.8) is 0 Å². The molecule has 0 unspecified atom stereocenters. The zero-order chi connectivity index (χ0) is 21.6. The van der Waals surface area contributed by atoms with Gasteiger partial charge in [-0.15, -0.1) is 0 Å². The van der Waals surface area contributed by atoms with Crippen LogP contribution in [0, 0.1) is 0 Å². The molecule has 0 saturated heterocycles. The van der Waals surface area contributed by atoms with Gasteiger partial charge in [0.2, 0.25) is 17.7 Å². The number of nitrogens with two attached hydrogens (primary N) is 1. The van der Waals surface area contributed by atoms with Crippen LogP contribution in [0.15, 0.2) is 30.3 Å². The average molecular weight is 405 g/mol. The van der Waals surface area contributed by atoms with E-state index >= 15 is 0 Å². The van der Waals surface area contributed by atoms with E-state index in [4.69, 9.17) is 5.73 Å². The largest absolute Gasteiger partial charge is 0.370 e. The molecule has 1 rings (SSSR count). The SMILES string of the molecule is CCCCCC[C@H](NC(=O)c1ccccc1)C(=O)NCC(=O)N[C@H](C)CC(N)=O. The van der Waals surface area contributed by atoms with E-state index in [9.17, 15) is 19.2 Å². The Hall–Kier alpha value is -2.90. The van der Waals surface area contributed by atoms with Crippen LogP contribution in [0.2, 0.25) is 0 Å². The lowest BCUT2D eigenvalue weighted by atomic mass is 10.1. The Morgan fingerprint density at radius 2 is 1.69 bits per heavy atom. The first-order valence-electron chi connectivity index (χ1n) is 10.0. The molecule has 0 aliphatic heterocycles. The van der Waals surface area contributed by atoms with Crippen LogP contribution in [0.3, 0.4) is 0 Å². The van der Waals surface area contributed by atoms with Crippen molar-refractivity contribution in [3.05, 3.63) is 35.9 Å². The highest BCUT2D eigenvalue weighted by atomic mass is 16.2. The molecule has 0 saturated carbocycles. The van der Waals surface area contributed by atoms with Crippen LogP contribution < -0.4 is 21.7 Å². The van der Waals surface area contributed by atoms with Gasteiger partial charge in [0, 0.05) is 18.0 Å². The predicted octanol–water partition coefficient (Wildman–Crippen LogP) is 1.25. The minimum atomic E-state index is -0.726. The van der Waals surface area contributed by atoms with Gasteiger partial charge in [-0.25, -0.2) is 0 Å². The Balaban J connectivity index is 2.61. The summed E-state index contributed by atoms with van der Waals surface area (Å²) in [7, 11) is 0. The molecule has 8 nitrogen and oxygen atoms in total. The third-order valence-electron chi connectivity index (χ3n) is 4.34. The van der Waals surface area contributed by atoms with Gasteiger partial charge in [0.25, 0.3) is 5.91 Å². The number of nitrogens with one attached hydrogen (secondary N) is 3. The zero-order valence-corrected chi connectivity index (χ0v) is 17.2. The van der Waals surface area contributed by atoms with E-state index in [-0.39, 0.29) is 18.9 Å². The van der Waals surface area contributed by atoms with Crippen molar-refractivity contribution in [2.24, 2.45) is 5.73 Å². The minimum absolute atomic E-state index is 0.0207. The van der Waals surface area contributed by atoms with E-state index in [1.807, 2.05) is 6.07 Å². The number of hydrogen-bond donors (Lipinski definition) is 4. The van der Waals surface area contributed by atoms with Gasteiger partial charge >= 0.3 is 0 Å². The Bertz CT molecular complexity index is 679. The van der Waals surface area contributed by atoms with E-state index < -0.39 is 29.8 Å². The van der Waals surface area contributed by atoms with Crippen LogP contribution in [0.25, 0.3) is 0 Å². The molecule has 2 atom stereocenters. The summed E-state index contributed by atoms with van der Waals surface area (Å²) < 4.78 is 0. The molecule has 1 aromatic rings. The van der Waals surface area contributed by atoms with E-state index in [0.29, 0.717) is 12.0 Å². The monoisotopic (exact) mass is 404 g/mol. The molecule has 0 aliphatic carbocycles. The Labute approximate surface area is 172 Å². The lowest BCUT2D eigenvalue weighted by Gasteiger charge is -2.19. The van der Waals surface area contributed by atoms with Crippen molar-refractivity contribution in [3.8, 4) is 0 Å². The molecule has 0 spiro atoms. The normalized spacial score (nSPS) is 12.5. The highest BCUT2D eigenvalue weighted by molar-refractivity contribution is 5.98. The summed E-state index contributed by atoms with van der Waals surface area (Å²) in [6, 6.07) is 7.52. The summed E-state index contributed by atoms with van der Waals surface area (Å²) in [5.74, 6) is -1.69. The van der Waals surface area contributed by atoms with Crippen molar-refractivity contribution in [2.75, 3.05) is 6.54 Å². The number of carbonyl (C=O) groups excluding carboxylic acids is 4. The molecule has 160 valence electrons. The van der Waals surface area contributed by atoms with Crippen molar-refractivity contribution in [2.45, 2.75) is 64.5 Å². The molecule has 5 N–H and O–H groups in total. The van der Waals surface area contributed by atoms with Crippen molar-refractivity contribution in [1.82, 2.24) is 16.0 Å². The zero-order valence-electron chi connectivity index (χ0n) is 17.2. The Morgan fingerprint density at radius 3 is 2.31 bits per heavy atom. The number of hydrogen-bond acceptors (Lipinski definition) is 4. The number of amides is 4. The summed E-state index contributed by atoms with van der Waals surface area (Å²) in [4.78, 5) is 47.8. The molecule has 0 radical (unpaired) electrons. The maximum absolute atomic E-state index is 12.6. The first-order valence-corrected chi connectivity index (χ1v) is 10.0. The second kappa shape index (κ2) is 13.3. The molecular formula is C21H32N4O4. The second-order valence-electron chi connectivity index (χ2n) is 7.10. The Morgan fingerprint density at radius 1 is 1.00 bits per heavy atom. The van der Waals surface area contributed by atoms with E-state index in [1.54, 1.807) is 31.2 Å².